The zero-order chi connectivity index (χ0) is 12.8. The summed E-state index contributed by atoms with van der Waals surface area (Å²) >= 11 is 0. The molecular weight excluding hydrogens is 226 g/mol. The van der Waals surface area contributed by atoms with E-state index in [4.69, 9.17) is 4.74 Å². The van der Waals surface area contributed by atoms with Gasteiger partial charge in [-0.05, 0) is 29.8 Å². The topological polar surface area (TPSA) is 42.1 Å². The van der Waals surface area contributed by atoms with E-state index in [0.717, 1.165) is 11.3 Å². The molecule has 1 aliphatic rings. The van der Waals surface area contributed by atoms with E-state index in [9.17, 15) is 4.79 Å². The molecule has 3 heteroatoms. The van der Waals surface area contributed by atoms with Crippen LogP contribution in [0.3, 0.4) is 0 Å². The quantitative estimate of drug-likeness (QED) is 0.834. The van der Waals surface area contributed by atoms with Gasteiger partial charge in [0, 0.05) is 22.7 Å². The van der Waals surface area contributed by atoms with Gasteiger partial charge >= 0.3 is 0 Å². The average Bonchev–Trinajstić information content (AvgIpc) is 2.66. The monoisotopic (exact) mass is 241 g/mol. The summed E-state index contributed by atoms with van der Waals surface area (Å²) < 4.78 is 5.65. The third-order valence-corrected chi connectivity index (χ3v) is 3.43. The van der Waals surface area contributed by atoms with Crippen molar-refractivity contribution in [3.8, 4) is 16.9 Å². The fourth-order valence-corrected chi connectivity index (χ4v) is 2.34. The van der Waals surface area contributed by atoms with E-state index >= 15 is 0 Å². The van der Waals surface area contributed by atoms with Crippen molar-refractivity contribution in [2.75, 3.05) is 6.61 Å². The van der Waals surface area contributed by atoms with Crippen molar-refractivity contribution in [3.05, 3.63) is 52.4 Å². The van der Waals surface area contributed by atoms with Crippen LogP contribution in [0.2, 0.25) is 0 Å². The molecule has 1 aliphatic heterocycles. The van der Waals surface area contributed by atoms with Gasteiger partial charge in [0.15, 0.2) is 0 Å². The van der Waals surface area contributed by atoms with Gasteiger partial charge in [-0.3, -0.25) is 4.79 Å². The summed E-state index contributed by atoms with van der Waals surface area (Å²) in [5, 5.41) is 0. The largest absolute Gasteiger partial charge is 0.492 e. The Kier molecular flexibility index (Phi) is 2.30. The van der Waals surface area contributed by atoms with Crippen LogP contribution in [0.4, 0.5) is 0 Å². The number of aromatic nitrogens is 1. The van der Waals surface area contributed by atoms with Crippen molar-refractivity contribution in [1.82, 2.24) is 4.98 Å². The van der Waals surface area contributed by atoms with Gasteiger partial charge in [-0.1, -0.05) is 19.9 Å². The van der Waals surface area contributed by atoms with Gasteiger partial charge in [0.1, 0.15) is 5.75 Å². The number of fused-ring (bicyclic) bond motifs is 1. The molecule has 0 atom stereocenters. The molecule has 3 nitrogen and oxygen atoms in total. The van der Waals surface area contributed by atoms with Gasteiger partial charge in [-0.25, -0.2) is 0 Å². The molecular formula is C15H15NO2. The number of nitrogens with one attached hydrogen (secondary N) is 1. The lowest BCUT2D eigenvalue weighted by Gasteiger charge is -2.15. The predicted molar refractivity (Wildman–Crippen MR) is 71.0 cm³/mol. The van der Waals surface area contributed by atoms with E-state index in [2.05, 4.69) is 24.9 Å². The standard InChI is InChI=1S/C15H15NO2/c1-15(2)9-18-13-6-5-10(8-12(13)15)11-4-3-7-16-14(11)17/h3-8H,9H2,1-2H3,(H,16,17). The molecule has 1 N–H and O–H groups in total. The SMILES string of the molecule is CC1(C)COc2ccc(-c3ccc[nH]c3=O)cc21. The highest BCUT2D eigenvalue weighted by Gasteiger charge is 2.31. The zero-order valence-electron chi connectivity index (χ0n) is 10.5. The molecule has 3 rings (SSSR count). The molecule has 0 saturated carbocycles. The lowest BCUT2D eigenvalue weighted by molar-refractivity contribution is 0.291. The molecule has 0 aliphatic carbocycles. The summed E-state index contributed by atoms with van der Waals surface area (Å²) in [6.07, 6.45) is 1.65. The minimum atomic E-state index is -0.0610. The molecule has 0 spiro atoms. The summed E-state index contributed by atoms with van der Waals surface area (Å²) in [6, 6.07) is 9.62. The minimum absolute atomic E-state index is 0.00683. The lowest BCUT2D eigenvalue weighted by atomic mass is 9.85. The van der Waals surface area contributed by atoms with E-state index in [0.29, 0.717) is 12.2 Å². The Bertz CT molecular complexity index is 656. The van der Waals surface area contributed by atoms with Crippen LogP contribution in [0.25, 0.3) is 11.1 Å². The Morgan fingerprint density at radius 3 is 2.89 bits per heavy atom. The molecule has 0 bridgehead atoms. The first-order chi connectivity index (χ1) is 8.58. The van der Waals surface area contributed by atoms with Crippen LogP contribution in [0, 0.1) is 0 Å². The van der Waals surface area contributed by atoms with E-state index < -0.39 is 0 Å². The smallest absolute Gasteiger partial charge is 0.255 e. The highest BCUT2D eigenvalue weighted by molar-refractivity contribution is 5.66. The molecule has 92 valence electrons. The maximum atomic E-state index is 11.8. The fraction of sp³-hybridized carbons (Fsp3) is 0.267. The first kappa shape index (κ1) is 11.1. The minimum Gasteiger partial charge on any atom is -0.492 e. The summed E-state index contributed by atoms with van der Waals surface area (Å²) in [4.78, 5) is 14.5. The molecule has 0 fully saturated rings. The van der Waals surface area contributed by atoms with Crippen molar-refractivity contribution >= 4 is 0 Å². The Balaban J connectivity index is 2.17. The molecule has 2 heterocycles. The Hall–Kier alpha value is -2.03. The summed E-state index contributed by atoms with van der Waals surface area (Å²) in [5.41, 5.74) is 2.75. The highest BCUT2D eigenvalue weighted by atomic mass is 16.5. The van der Waals surface area contributed by atoms with E-state index in [-0.39, 0.29) is 11.0 Å². The van der Waals surface area contributed by atoms with Crippen LogP contribution in [0.5, 0.6) is 5.75 Å². The molecule has 18 heavy (non-hydrogen) atoms. The number of hydrogen-bond donors (Lipinski definition) is 1. The van der Waals surface area contributed by atoms with Crippen LogP contribution >= 0.6 is 0 Å². The second kappa shape index (κ2) is 3.73. The van der Waals surface area contributed by atoms with Crippen LogP contribution in [-0.4, -0.2) is 11.6 Å². The van der Waals surface area contributed by atoms with Gasteiger partial charge in [0.05, 0.1) is 6.61 Å². The second-order valence-electron chi connectivity index (χ2n) is 5.30. The first-order valence-corrected chi connectivity index (χ1v) is 6.03. The van der Waals surface area contributed by atoms with Crippen molar-refractivity contribution in [2.24, 2.45) is 0 Å². The number of hydrogen-bond acceptors (Lipinski definition) is 2. The first-order valence-electron chi connectivity index (χ1n) is 6.03. The Morgan fingerprint density at radius 1 is 1.28 bits per heavy atom. The second-order valence-corrected chi connectivity index (χ2v) is 5.30. The Labute approximate surface area is 105 Å². The molecule has 0 saturated heterocycles. The number of benzene rings is 1. The normalized spacial score (nSPS) is 16.1. The summed E-state index contributed by atoms with van der Waals surface area (Å²) in [5.74, 6) is 0.927. The van der Waals surface area contributed by atoms with E-state index in [1.807, 2.05) is 24.3 Å². The van der Waals surface area contributed by atoms with Crippen molar-refractivity contribution in [1.29, 1.82) is 0 Å². The maximum Gasteiger partial charge on any atom is 0.255 e. The third-order valence-electron chi connectivity index (χ3n) is 3.43. The predicted octanol–water partition coefficient (Wildman–Crippen LogP) is 2.71. The van der Waals surface area contributed by atoms with Gasteiger partial charge in [0.25, 0.3) is 5.56 Å². The van der Waals surface area contributed by atoms with Gasteiger partial charge in [-0.15, -0.1) is 0 Å². The van der Waals surface area contributed by atoms with E-state index in [1.54, 1.807) is 6.20 Å². The highest BCUT2D eigenvalue weighted by Crippen LogP contribution is 2.39. The van der Waals surface area contributed by atoms with Gasteiger partial charge < -0.3 is 9.72 Å². The van der Waals surface area contributed by atoms with Gasteiger partial charge in [-0.2, -0.15) is 0 Å². The van der Waals surface area contributed by atoms with Gasteiger partial charge in [0.2, 0.25) is 0 Å². The lowest BCUT2D eigenvalue weighted by Crippen LogP contribution is -2.18. The number of H-pyrrole nitrogens is 1. The van der Waals surface area contributed by atoms with Crippen LogP contribution in [0.15, 0.2) is 41.3 Å². The molecule has 0 amide bonds. The number of aromatic amines is 1. The fourth-order valence-electron chi connectivity index (χ4n) is 2.34. The number of pyridine rings is 1. The van der Waals surface area contributed by atoms with Crippen LogP contribution in [-0.2, 0) is 5.41 Å². The molecule has 0 unspecified atom stereocenters. The average molecular weight is 241 g/mol. The summed E-state index contributed by atoms with van der Waals surface area (Å²) in [7, 11) is 0. The van der Waals surface area contributed by atoms with Crippen molar-refractivity contribution in [3.63, 3.8) is 0 Å². The number of rotatable bonds is 1. The molecule has 2 aromatic rings. The third kappa shape index (κ3) is 1.63. The molecule has 0 radical (unpaired) electrons. The number of ether oxygens (including phenoxy) is 1. The van der Waals surface area contributed by atoms with Crippen molar-refractivity contribution in [2.45, 2.75) is 19.3 Å². The molecule has 1 aromatic carbocycles. The molecule has 1 aromatic heterocycles. The Morgan fingerprint density at radius 2 is 2.11 bits per heavy atom. The maximum absolute atomic E-state index is 11.8. The summed E-state index contributed by atoms with van der Waals surface area (Å²) in [6.45, 7) is 4.99. The van der Waals surface area contributed by atoms with Crippen LogP contribution in [0.1, 0.15) is 19.4 Å². The van der Waals surface area contributed by atoms with Crippen LogP contribution < -0.4 is 10.3 Å². The zero-order valence-corrected chi connectivity index (χ0v) is 10.5. The van der Waals surface area contributed by atoms with E-state index in [1.165, 1.54) is 5.56 Å². The van der Waals surface area contributed by atoms with Crippen molar-refractivity contribution < 1.29 is 4.74 Å².